The van der Waals surface area contributed by atoms with Crippen molar-refractivity contribution in [1.29, 1.82) is 0 Å². The van der Waals surface area contributed by atoms with Gasteiger partial charge in [-0.05, 0) is 33.6 Å². The van der Waals surface area contributed by atoms with Crippen LogP contribution in [0.15, 0.2) is 0 Å². The molecule has 0 aromatic heterocycles. The summed E-state index contributed by atoms with van der Waals surface area (Å²) in [5.74, 6) is -0.374. The Morgan fingerprint density at radius 2 is 1.80 bits per heavy atom. The lowest BCUT2D eigenvalue weighted by Gasteiger charge is -2.40. The fourth-order valence-electron chi connectivity index (χ4n) is 2.45. The second-order valence-electron chi connectivity index (χ2n) is 6.44. The van der Waals surface area contributed by atoms with E-state index >= 15 is 0 Å². The molecule has 0 unspecified atom stereocenters. The number of hydrogen-bond donors (Lipinski definition) is 0. The van der Waals surface area contributed by atoms with Crippen LogP contribution in [0, 0.1) is 0 Å². The molecule has 2 fully saturated rings. The van der Waals surface area contributed by atoms with E-state index in [2.05, 4.69) is 4.90 Å². The second kappa shape index (κ2) is 5.60. The molecule has 0 aromatic rings. The number of piperazine rings is 1. The number of methoxy groups -OCH3 is 1. The van der Waals surface area contributed by atoms with Gasteiger partial charge in [-0.1, -0.05) is 0 Å². The summed E-state index contributed by atoms with van der Waals surface area (Å²) in [4.78, 5) is 27.9. The Morgan fingerprint density at radius 3 is 2.30 bits per heavy atom. The van der Waals surface area contributed by atoms with E-state index < -0.39 is 17.7 Å². The predicted octanol–water partition coefficient (Wildman–Crippen LogP) is 1.24. The maximum Gasteiger partial charge on any atom is 0.411 e. The van der Waals surface area contributed by atoms with Crippen molar-refractivity contribution in [3.63, 3.8) is 0 Å². The van der Waals surface area contributed by atoms with E-state index in [-0.39, 0.29) is 5.97 Å². The molecule has 1 atom stereocenters. The van der Waals surface area contributed by atoms with Crippen LogP contribution in [0.25, 0.3) is 0 Å². The monoisotopic (exact) mass is 284 g/mol. The van der Waals surface area contributed by atoms with Gasteiger partial charge in [-0.25, -0.2) is 9.59 Å². The Kier molecular flexibility index (Phi) is 4.22. The summed E-state index contributed by atoms with van der Waals surface area (Å²) in [5.41, 5.74) is -0.564. The molecule has 0 radical (unpaired) electrons. The summed E-state index contributed by atoms with van der Waals surface area (Å²) in [6.07, 6.45) is 1.92. The fraction of sp³-hybridized carbons (Fsp3) is 0.857. The van der Waals surface area contributed by atoms with Gasteiger partial charge in [0.1, 0.15) is 11.6 Å². The zero-order valence-electron chi connectivity index (χ0n) is 12.7. The number of rotatable bonds is 2. The molecule has 0 N–H and O–H groups in total. The Bertz CT molecular complexity index is 387. The van der Waals surface area contributed by atoms with Crippen LogP contribution in [-0.2, 0) is 14.3 Å². The fourth-order valence-corrected chi connectivity index (χ4v) is 2.45. The van der Waals surface area contributed by atoms with Crippen LogP contribution >= 0.6 is 0 Å². The SMILES string of the molecule is COC(=O)[C@H]1CN(C2CC2)CCN1C(=O)OC(C)(C)C. The van der Waals surface area contributed by atoms with E-state index in [1.54, 1.807) is 0 Å². The van der Waals surface area contributed by atoms with Gasteiger partial charge in [-0.3, -0.25) is 9.80 Å². The number of hydrogen-bond acceptors (Lipinski definition) is 5. The maximum atomic E-state index is 12.2. The molecule has 0 spiro atoms. The number of amides is 1. The van der Waals surface area contributed by atoms with Gasteiger partial charge in [0.05, 0.1) is 7.11 Å². The van der Waals surface area contributed by atoms with Crippen LogP contribution in [0.1, 0.15) is 33.6 Å². The van der Waals surface area contributed by atoms with Gasteiger partial charge in [0.15, 0.2) is 0 Å². The molecule has 1 aliphatic heterocycles. The van der Waals surface area contributed by atoms with Crippen molar-refractivity contribution >= 4 is 12.1 Å². The van der Waals surface area contributed by atoms with E-state index in [9.17, 15) is 9.59 Å². The zero-order chi connectivity index (χ0) is 14.9. The van der Waals surface area contributed by atoms with Gasteiger partial charge in [0, 0.05) is 25.7 Å². The van der Waals surface area contributed by atoms with Crippen molar-refractivity contribution in [3.8, 4) is 0 Å². The number of carbonyl (C=O) groups is 2. The minimum Gasteiger partial charge on any atom is -0.467 e. The van der Waals surface area contributed by atoms with Crippen LogP contribution in [-0.4, -0.2) is 66.3 Å². The van der Waals surface area contributed by atoms with E-state index in [1.165, 1.54) is 24.9 Å². The smallest absolute Gasteiger partial charge is 0.411 e. The molecule has 114 valence electrons. The van der Waals surface area contributed by atoms with Crippen LogP contribution < -0.4 is 0 Å². The average molecular weight is 284 g/mol. The largest absolute Gasteiger partial charge is 0.467 e. The molecule has 2 rings (SSSR count). The number of nitrogens with zero attached hydrogens (tertiary/aromatic N) is 2. The molecule has 6 heteroatoms. The van der Waals surface area contributed by atoms with Gasteiger partial charge < -0.3 is 9.47 Å². The zero-order valence-corrected chi connectivity index (χ0v) is 12.7. The van der Waals surface area contributed by atoms with E-state index in [0.717, 1.165) is 6.54 Å². The third-order valence-corrected chi connectivity index (χ3v) is 3.58. The van der Waals surface area contributed by atoms with Crippen molar-refractivity contribution in [3.05, 3.63) is 0 Å². The minimum atomic E-state index is -0.566. The molecule has 1 saturated heterocycles. The average Bonchev–Trinajstić information content (AvgIpc) is 3.19. The first-order chi connectivity index (χ1) is 9.31. The summed E-state index contributed by atoms with van der Waals surface area (Å²) in [6, 6.07) is 0.00661. The van der Waals surface area contributed by atoms with Crippen molar-refractivity contribution in [2.45, 2.75) is 51.3 Å². The number of ether oxygens (including phenoxy) is 2. The summed E-state index contributed by atoms with van der Waals surface area (Å²) >= 11 is 0. The van der Waals surface area contributed by atoms with Crippen molar-refractivity contribution in [2.24, 2.45) is 0 Å². The van der Waals surface area contributed by atoms with Gasteiger partial charge in [-0.2, -0.15) is 0 Å². The Morgan fingerprint density at radius 1 is 1.15 bits per heavy atom. The van der Waals surface area contributed by atoms with Crippen LogP contribution in [0.4, 0.5) is 4.79 Å². The lowest BCUT2D eigenvalue weighted by Crippen LogP contribution is -2.59. The Labute approximate surface area is 120 Å². The quantitative estimate of drug-likeness (QED) is 0.714. The number of esters is 1. The first-order valence-electron chi connectivity index (χ1n) is 7.13. The number of carbonyl (C=O) groups excluding carboxylic acids is 2. The summed E-state index contributed by atoms with van der Waals surface area (Å²) in [7, 11) is 1.35. The van der Waals surface area contributed by atoms with Crippen molar-refractivity contribution in [1.82, 2.24) is 9.80 Å². The van der Waals surface area contributed by atoms with E-state index in [0.29, 0.717) is 19.1 Å². The third kappa shape index (κ3) is 3.62. The minimum absolute atomic E-state index is 0.374. The van der Waals surface area contributed by atoms with Crippen LogP contribution in [0.3, 0.4) is 0 Å². The second-order valence-corrected chi connectivity index (χ2v) is 6.44. The molecule has 1 aliphatic carbocycles. The highest BCUT2D eigenvalue weighted by Crippen LogP contribution is 2.29. The topological polar surface area (TPSA) is 59.1 Å². The lowest BCUT2D eigenvalue weighted by molar-refractivity contribution is -0.149. The molecular formula is C14H24N2O4. The van der Waals surface area contributed by atoms with Gasteiger partial charge in [0.2, 0.25) is 0 Å². The molecule has 6 nitrogen and oxygen atoms in total. The third-order valence-electron chi connectivity index (χ3n) is 3.58. The molecular weight excluding hydrogens is 260 g/mol. The van der Waals surface area contributed by atoms with Crippen molar-refractivity contribution in [2.75, 3.05) is 26.7 Å². The first kappa shape index (κ1) is 15.1. The normalized spacial score (nSPS) is 24.4. The van der Waals surface area contributed by atoms with Gasteiger partial charge in [0.25, 0.3) is 0 Å². The lowest BCUT2D eigenvalue weighted by atomic mass is 10.1. The first-order valence-corrected chi connectivity index (χ1v) is 7.13. The van der Waals surface area contributed by atoms with Crippen LogP contribution in [0.2, 0.25) is 0 Å². The van der Waals surface area contributed by atoms with Crippen molar-refractivity contribution < 1.29 is 19.1 Å². The molecule has 1 amide bonds. The highest BCUT2D eigenvalue weighted by Gasteiger charge is 2.42. The predicted molar refractivity (Wildman–Crippen MR) is 73.3 cm³/mol. The molecule has 1 saturated carbocycles. The van der Waals surface area contributed by atoms with Crippen LogP contribution in [0.5, 0.6) is 0 Å². The molecule has 1 heterocycles. The van der Waals surface area contributed by atoms with E-state index in [4.69, 9.17) is 9.47 Å². The maximum absolute atomic E-state index is 12.2. The van der Waals surface area contributed by atoms with Gasteiger partial charge >= 0.3 is 12.1 Å². The Balaban J connectivity index is 2.05. The molecule has 20 heavy (non-hydrogen) atoms. The summed E-state index contributed by atoms with van der Waals surface area (Å²) < 4.78 is 10.2. The summed E-state index contributed by atoms with van der Waals surface area (Å²) in [5, 5.41) is 0. The standard InChI is InChI=1S/C14H24N2O4/c1-14(2,3)20-13(18)16-8-7-15(10-5-6-10)9-11(16)12(17)19-4/h10-11H,5-9H2,1-4H3/t11-/m1/s1. The Hall–Kier alpha value is -1.30. The summed E-state index contributed by atoms with van der Waals surface area (Å²) in [6.45, 7) is 7.29. The highest BCUT2D eigenvalue weighted by atomic mass is 16.6. The molecule has 0 aromatic carbocycles. The van der Waals surface area contributed by atoms with Gasteiger partial charge in [-0.15, -0.1) is 0 Å². The molecule has 0 bridgehead atoms. The highest BCUT2D eigenvalue weighted by molar-refractivity contribution is 5.82. The molecule has 2 aliphatic rings. The van der Waals surface area contributed by atoms with E-state index in [1.807, 2.05) is 20.8 Å².